The number of rotatable bonds is 7. The molecule has 1 aliphatic carbocycles. The number of nitrogens with one attached hydrogen (secondary N) is 2. The van der Waals surface area contributed by atoms with Crippen LogP contribution >= 0.6 is 0 Å². The number of benzene rings is 1. The van der Waals surface area contributed by atoms with Crippen molar-refractivity contribution in [1.29, 1.82) is 0 Å². The van der Waals surface area contributed by atoms with Crippen LogP contribution in [0.5, 0.6) is 5.75 Å². The number of carbonyl (C=O) groups excluding carboxylic acids is 2. The molecule has 2 N–H and O–H groups in total. The first-order valence-electron chi connectivity index (χ1n) is 12.2. The van der Waals surface area contributed by atoms with Crippen LogP contribution < -0.4 is 20.3 Å². The van der Waals surface area contributed by atoms with Gasteiger partial charge in [-0.3, -0.25) is 9.59 Å². The van der Waals surface area contributed by atoms with Crippen molar-refractivity contribution in [3.8, 4) is 5.75 Å². The van der Waals surface area contributed by atoms with Gasteiger partial charge in [-0.15, -0.1) is 0 Å². The van der Waals surface area contributed by atoms with Crippen molar-refractivity contribution in [1.82, 2.24) is 15.6 Å². The van der Waals surface area contributed by atoms with Gasteiger partial charge < -0.3 is 20.3 Å². The molecule has 2 aliphatic heterocycles. The lowest BCUT2D eigenvalue weighted by Crippen LogP contribution is -2.55. The molecule has 3 fully saturated rings. The van der Waals surface area contributed by atoms with Crippen LogP contribution in [0, 0.1) is 11.6 Å². The van der Waals surface area contributed by atoms with Gasteiger partial charge in [-0.2, -0.15) is 0 Å². The summed E-state index contributed by atoms with van der Waals surface area (Å²) >= 11 is 0. The van der Waals surface area contributed by atoms with E-state index in [-0.39, 0.29) is 35.7 Å². The lowest BCUT2D eigenvalue weighted by Gasteiger charge is -2.40. The number of anilines is 1. The van der Waals surface area contributed by atoms with Crippen LogP contribution in [0.2, 0.25) is 0 Å². The third-order valence-electron chi connectivity index (χ3n) is 7.07. The monoisotopic (exact) mass is 484 g/mol. The molecule has 3 aliphatic rings. The molecular formula is C26H30F2N4O3. The highest BCUT2D eigenvalue weighted by Gasteiger charge is 2.43. The van der Waals surface area contributed by atoms with Crippen LogP contribution in [0.4, 0.5) is 14.6 Å². The zero-order valence-electron chi connectivity index (χ0n) is 19.9. The number of aromatic nitrogens is 1. The van der Waals surface area contributed by atoms with E-state index in [0.717, 1.165) is 56.5 Å². The average Bonchev–Trinajstić information content (AvgIpc) is 3.59. The van der Waals surface area contributed by atoms with Crippen molar-refractivity contribution in [2.75, 3.05) is 4.90 Å². The Morgan fingerprint density at radius 2 is 1.69 bits per heavy atom. The molecule has 3 atom stereocenters. The van der Waals surface area contributed by atoms with E-state index < -0.39 is 17.2 Å². The number of nitrogens with zero attached hydrogens (tertiary/aromatic N) is 2. The molecule has 5 rings (SSSR count). The maximum Gasteiger partial charge on any atom is 0.263 e. The van der Waals surface area contributed by atoms with E-state index in [1.807, 2.05) is 12.1 Å². The van der Waals surface area contributed by atoms with Crippen LogP contribution in [-0.4, -0.2) is 46.6 Å². The van der Waals surface area contributed by atoms with Gasteiger partial charge in [-0.25, -0.2) is 13.8 Å². The molecule has 1 aromatic heterocycles. The number of ether oxygens (including phenoxy) is 1. The van der Waals surface area contributed by atoms with E-state index in [1.54, 1.807) is 20.0 Å². The second-order valence-corrected chi connectivity index (χ2v) is 10.3. The molecule has 35 heavy (non-hydrogen) atoms. The minimum atomic E-state index is -1.25. The summed E-state index contributed by atoms with van der Waals surface area (Å²) in [6.07, 6.45) is 7.29. The van der Waals surface area contributed by atoms with Crippen molar-refractivity contribution in [2.45, 2.75) is 82.1 Å². The van der Waals surface area contributed by atoms with Gasteiger partial charge in [0.2, 0.25) is 0 Å². The van der Waals surface area contributed by atoms with E-state index in [9.17, 15) is 18.4 Å². The molecule has 7 nitrogen and oxygen atoms in total. The topological polar surface area (TPSA) is 83.6 Å². The lowest BCUT2D eigenvalue weighted by molar-refractivity contribution is -0.135. The van der Waals surface area contributed by atoms with Gasteiger partial charge in [-0.1, -0.05) is 0 Å². The van der Waals surface area contributed by atoms with Crippen LogP contribution in [-0.2, 0) is 4.79 Å². The number of amides is 2. The zero-order valence-corrected chi connectivity index (χ0v) is 19.9. The number of pyridine rings is 1. The number of fused-ring (bicyclic) bond motifs is 2. The Balaban J connectivity index is 1.19. The van der Waals surface area contributed by atoms with E-state index >= 15 is 0 Å². The molecule has 2 saturated heterocycles. The first-order valence-corrected chi connectivity index (χ1v) is 12.2. The maximum atomic E-state index is 13.5. The van der Waals surface area contributed by atoms with Crippen LogP contribution in [0.3, 0.4) is 0 Å². The van der Waals surface area contributed by atoms with Crippen LogP contribution in [0.25, 0.3) is 0 Å². The van der Waals surface area contributed by atoms with E-state index in [0.29, 0.717) is 11.6 Å². The summed E-state index contributed by atoms with van der Waals surface area (Å²) in [6.45, 7) is 3.22. The normalized spacial score (nSPS) is 23.7. The Kier molecular flexibility index (Phi) is 6.11. The highest BCUT2D eigenvalue weighted by Crippen LogP contribution is 2.39. The fourth-order valence-corrected chi connectivity index (χ4v) is 5.08. The molecule has 3 heterocycles. The largest absolute Gasteiger partial charge is 0.478 e. The summed E-state index contributed by atoms with van der Waals surface area (Å²) in [4.78, 5) is 32.1. The van der Waals surface area contributed by atoms with Gasteiger partial charge in [0.1, 0.15) is 11.6 Å². The fraction of sp³-hybridized carbons (Fsp3) is 0.500. The van der Waals surface area contributed by atoms with E-state index in [1.165, 1.54) is 6.07 Å². The molecule has 1 aromatic carbocycles. The van der Waals surface area contributed by atoms with Gasteiger partial charge in [0, 0.05) is 36.4 Å². The van der Waals surface area contributed by atoms with Crippen molar-refractivity contribution in [3.05, 3.63) is 53.7 Å². The van der Waals surface area contributed by atoms with Crippen molar-refractivity contribution in [3.63, 3.8) is 0 Å². The predicted octanol–water partition coefficient (Wildman–Crippen LogP) is 3.73. The SMILES string of the molecule is CC(C)(Oc1ccc(F)c(F)c1)C(=O)N[C@H]1C[C@H]2CC[C@@H](C1)N2c1ccc(C(=O)NC2CC2)cn1. The second kappa shape index (κ2) is 9.09. The Hall–Kier alpha value is -3.23. The van der Waals surface area contributed by atoms with E-state index in [4.69, 9.17) is 4.74 Å². The molecule has 0 radical (unpaired) electrons. The Labute approximate surface area is 203 Å². The number of hydrogen-bond donors (Lipinski definition) is 2. The minimum absolute atomic E-state index is 0.0207. The highest BCUT2D eigenvalue weighted by molar-refractivity contribution is 5.94. The van der Waals surface area contributed by atoms with Gasteiger partial charge in [-0.05, 0) is 76.6 Å². The molecule has 9 heteroatoms. The number of carbonyl (C=O) groups is 2. The fourth-order valence-electron chi connectivity index (χ4n) is 5.08. The zero-order chi connectivity index (χ0) is 24.7. The van der Waals surface area contributed by atoms with Gasteiger partial charge in [0.25, 0.3) is 11.8 Å². The predicted molar refractivity (Wildman–Crippen MR) is 126 cm³/mol. The smallest absolute Gasteiger partial charge is 0.263 e. The summed E-state index contributed by atoms with van der Waals surface area (Å²) in [5.41, 5.74) is -0.683. The minimum Gasteiger partial charge on any atom is -0.478 e. The van der Waals surface area contributed by atoms with Gasteiger partial charge in [0.05, 0.1) is 5.56 Å². The van der Waals surface area contributed by atoms with Gasteiger partial charge in [0.15, 0.2) is 17.2 Å². The second-order valence-electron chi connectivity index (χ2n) is 10.3. The lowest BCUT2D eigenvalue weighted by atomic mass is 9.96. The third kappa shape index (κ3) is 5.09. The Morgan fingerprint density at radius 1 is 0.971 bits per heavy atom. The van der Waals surface area contributed by atoms with Crippen LogP contribution in [0.15, 0.2) is 36.5 Å². The highest BCUT2D eigenvalue weighted by atomic mass is 19.2. The summed E-state index contributed by atoms with van der Waals surface area (Å²) in [6, 6.07) is 7.73. The first-order chi connectivity index (χ1) is 16.7. The Bertz CT molecular complexity index is 1110. The first kappa shape index (κ1) is 23.5. The quantitative estimate of drug-likeness (QED) is 0.626. The Morgan fingerprint density at radius 3 is 2.29 bits per heavy atom. The van der Waals surface area contributed by atoms with Crippen molar-refractivity contribution in [2.24, 2.45) is 0 Å². The molecule has 0 unspecified atom stereocenters. The standard InChI is InChI=1S/C26H30F2N4O3/c1-26(2,35-20-8-9-21(27)22(28)13-20)25(34)31-17-11-18-6-7-19(12-17)32(18)23-10-3-15(14-29-23)24(33)30-16-4-5-16/h3,8-10,13-14,16-19H,4-7,11-12H2,1-2H3,(H,30,33)(H,31,34)/t17-,18+,19-. The molecule has 1 saturated carbocycles. The third-order valence-corrected chi connectivity index (χ3v) is 7.07. The van der Waals surface area contributed by atoms with Crippen LogP contribution in [0.1, 0.15) is 62.7 Å². The molecule has 186 valence electrons. The number of piperidine rings is 1. The molecule has 2 bridgehead atoms. The molecule has 2 aromatic rings. The van der Waals surface area contributed by atoms with E-state index in [2.05, 4.69) is 20.5 Å². The summed E-state index contributed by atoms with van der Waals surface area (Å²) < 4.78 is 32.4. The van der Waals surface area contributed by atoms with Crippen molar-refractivity contribution < 1.29 is 23.1 Å². The summed E-state index contributed by atoms with van der Waals surface area (Å²) in [5, 5.41) is 6.07. The van der Waals surface area contributed by atoms with Crippen molar-refractivity contribution >= 4 is 17.6 Å². The maximum absolute atomic E-state index is 13.5. The number of hydrogen-bond acceptors (Lipinski definition) is 5. The molecule has 2 amide bonds. The average molecular weight is 485 g/mol. The number of halogens is 2. The summed E-state index contributed by atoms with van der Waals surface area (Å²) in [7, 11) is 0. The van der Waals surface area contributed by atoms with Gasteiger partial charge >= 0.3 is 0 Å². The summed E-state index contributed by atoms with van der Waals surface area (Å²) in [5.74, 6) is -1.42. The molecule has 0 spiro atoms. The molecular weight excluding hydrogens is 454 g/mol.